The predicted octanol–water partition coefficient (Wildman–Crippen LogP) is 1.59. The number of nitrogens with one attached hydrogen (secondary N) is 2. The summed E-state index contributed by atoms with van der Waals surface area (Å²) in [4.78, 5) is 4.11. The SMILES string of the molecule is CCNc1ccncc1S(=O)(=O)NCCC1CC1. The number of hydrogen-bond acceptors (Lipinski definition) is 4. The largest absolute Gasteiger partial charge is 0.384 e. The van der Waals surface area contributed by atoms with E-state index in [0.717, 1.165) is 12.3 Å². The van der Waals surface area contributed by atoms with E-state index in [1.165, 1.54) is 19.0 Å². The lowest BCUT2D eigenvalue weighted by Crippen LogP contribution is -2.26. The van der Waals surface area contributed by atoms with Crippen LogP contribution in [0.25, 0.3) is 0 Å². The third-order valence-corrected chi connectivity index (χ3v) is 4.47. The van der Waals surface area contributed by atoms with Crippen LogP contribution in [-0.4, -0.2) is 26.5 Å². The lowest BCUT2D eigenvalue weighted by atomic mass is 10.3. The van der Waals surface area contributed by atoms with Gasteiger partial charge in [-0.15, -0.1) is 0 Å². The Morgan fingerprint density at radius 2 is 2.22 bits per heavy atom. The molecular formula is C12H19N3O2S. The third-order valence-electron chi connectivity index (χ3n) is 2.98. The molecule has 1 fully saturated rings. The quantitative estimate of drug-likeness (QED) is 0.788. The minimum atomic E-state index is -3.46. The van der Waals surface area contributed by atoms with Gasteiger partial charge in [-0.1, -0.05) is 12.8 Å². The molecular weight excluding hydrogens is 250 g/mol. The normalized spacial score (nSPS) is 15.6. The Kier molecular flexibility index (Phi) is 4.19. The van der Waals surface area contributed by atoms with Crippen LogP contribution in [0.3, 0.4) is 0 Å². The Bertz CT molecular complexity index is 498. The molecule has 0 bridgehead atoms. The molecule has 6 heteroatoms. The maximum Gasteiger partial charge on any atom is 0.244 e. The van der Waals surface area contributed by atoms with Gasteiger partial charge in [0.1, 0.15) is 4.90 Å². The number of pyridine rings is 1. The summed E-state index contributed by atoms with van der Waals surface area (Å²) in [5.74, 6) is 0.717. The molecule has 1 aromatic rings. The van der Waals surface area contributed by atoms with E-state index in [1.54, 1.807) is 12.3 Å². The molecule has 0 aromatic carbocycles. The van der Waals surface area contributed by atoms with Crippen LogP contribution in [0.2, 0.25) is 0 Å². The van der Waals surface area contributed by atoms with Crippen molar-refractivity contribution in [1.29, 1.82) is 0 Å². The van der Waals surface area contributed by atoms with Gasteiger partial charge in [0.2, 0.25) is 10.0 Å². The van der Waals surface area contributed by atoms with E-state index in [0.29, 0.717) is 18.8 Å². The summed E-state index contributed by atoms with van der Waals surface area (Å²) in [6.45, 7) is 3.11. The molecule has 5 nitrogen and oxygen atoms in total. The van der Waals surface area contributed by atoms with Crippen LogP contribution >= 0.6 is 0 Å². The second kappa shape index (κ2) is 5.67. The Labute approximate surface area is 108 Å². The number of sulfonamides is 1. The Morgan fingerprint density at radius 1 is 1.44 bits per heavy atom. The maximum atomic E-state index is 12.1. The van der Waals surface area contributed by atoms with E-state index >= 15 is 0 Å². The molecule has 2 N–H and O–H groups in total. The summed E-state index contributed by atoms with van der Waals surface area (Å²) < 4.78 is 26.9. The molecule has 0 spiro atoms. The molecule has 2 rings (SSSR count). The van der Waals surface area contributed by atoms with Crippen molar-refractivity contribution < 1.29 is 8.42 Å². The van der Waals surface area contributed by atoms with Crippen LogP contribution in [0, 0.1) is 5.92 Å². The van der Waals surface area contributed by atoms with Crippen LogP contribution in [0.15, 0.2) is 23.4 Å². The van der Waals surface area contributed by atoms with Gasteiger partial charge >= 0.3 is 0 Å². The molecule has 1 aliphatic rings. The summed E-state index contributed by atoms with van der Waals surface area (Å²) in [5.41, 5.74) is 0.603. The highest BCUT2D eigenvalue weighted by Gasteiger charge is 2.23. The van der Waals surface area contributed by atoms with Gasteiger partial charge in [0, 0.05) is 25.5 Å². The van der Waals surface area contributed by atoms with Gasteiger partial charge in [-0.3, -0.25) is 4.98 Å². The number of anilines is 1. The molecule has 1 saturated carbocycles. The zero-order chi connectivity index (χ0) is 13.0. The molecule has 0 aliphatic heterocycles. The van der Waals surface area contributed by atoms with Crippen molar-refractivity contribution in [3.63, 3.8) is 0 Å². The number of rotatable bonds is 7. The first kappa shape index (κ1) is 13.3. The van der Waals surface area contributed by atoms with Gasteiger partial charge in [0.15, 0.2) is 0 Å². The Morgan fingerprint density at radius 3 is 2.89 bits per heavy atom. The maximum absolute atomic E-state index is 12.1. The van der Waals surface area contributed by atoms with Gasteiger partial charge in [-0.05, 0) is 25.3 Å². The van der Waals surface area contributed by atoms with Crippen LogP contribution < -0.4 is 10.0 Å². The fraction of sp³-hybridized carbons (Fsp3) is 0.583. The molecule has 0 radical (unpaired) electrons. The average Bonchev–Trinajstić information content (AvgIpc) is 3.14. The highest BCUT2D eigenvalue weighted by Crippen LogP contribution is 2.31. The topological polar surface area (TPSA) is 71.1 Å². The molecule has 1 heterocycles. The van der Waals surface area contributed by atoms with Gasteiger partial charge in [-0.25, -0.2) is 13.1 Å². The van der Waals surface area contributed by atoms with E-state index < -0.39 is 10.0 Å². The summed E-state index contributed by atoms with van der Waals surface area (Å²) >= 11 is 0. The van der Waals surface area contributed by atoms with Crippen molar-refractivity contribution in [1.82, 2.24) is 9.71 Å². The average molecular weight is 269 g/mol. The van der Waals surface area contributed by atoms with E-state index in [-0.39, 0.29) is 4.90 Å². The van der Waals surface area contributed by atoms with Crippen molar-refractivity contribution in [2.75, 3.05) is 18.4 Å². The number of aromatic nitrogens is 1. The minimum absolute atomic E-state index is 0.225. The zero-order valence-corrected chi connectivity index (χ0v) is 11.3. The lowest BCUT2D eigenvalue weighted by molar-refractivity contribution is 0.575. The first-order valence-electron chi connectivity index (χ1n) is 6.31. The molecule has 1 aromatic heterocycles. The highest BCUT2D eigenvalue weighted by molar-refractivity contribution is 7.89. The summed E-state index contributed by atoms with van der Waals surface area (Å²) in [7, 11) is -3.46. The standard InChI is InChI=1S/C12H19N3O2S/c1-2-14-11-6-7-13-9-12(11)18(16,17)15-8-5-10-3-4-10/h6-7,9-10,15H,2-5,8H2,1H3,(H,13,14). The molecule has 1 aliphatic carbocycles. The minimum Gasteiger partial charge on any atom is -0.384 e. The van der Waals surface area contributed by atoms with Gasteiger partial charge in [-0.2, -0.15) is 0 Å². The first-order chi connectivity index (χ1) is 8.63. The zero-order valence-electron chi connectivity index (χ0n) is 10.5. The van der Waals surface area contributed by atoms with Crippen LogP contribution in [0.1, 0.15) is 26.2 Å². The molecule has 100 valence electrons. The van der Waals surface area contributed by atoms with Crippen LogP contribution in [-0.2, 0) is 10.0 Å². The van der Waals surface area contributed by atoms with Crippen molar-refractivity contribution in [3.05, 3.63) is 18.5 Å². The first-order valence-corrected chi connectivity index (χ1v) is 7.79. The summed E-state index contributed by atoms with van der Waals surface area (Å²) in [5, 5.41) is 3.03. The molecule has 0 atom stereocenters. The van der Waals surface area contributed by atoms with Crippen molar-refractivity contribution in [2.24, 2.45) is 5.92 Å². The van der Waals surface area contributed by atoms with Gasteiger partial charge in [0.25, 0.3) is 0 Å². The van der Waals surface area contributed by atoms with Crippen molar-refractivity contribution in [2.45, 2.75) is 31.1 Å². The Balaban J connectivity index is 2.06. The monoisotopic (exact) mass is 269 g/mol. The smallest absolute Gasteiger partial charge is 0.244 e. The molecule has 0 saturated heterocycles. The van der Waals surface area contributed by atoms with E-state index in [4.69, 9.17) is 0 Å². The fourth-order valence-electron chi connectivity index (χ4n) is 1.81. The number of nitrogens with zero attached hydrogens (tertiary/aromatic N) is 1. The third kappa shape index (κ3) is 3.43. The molecule has 18 heavy (non-hydrogen) atoms. The van der Waals surface area contributed by atoms with Crippen LogP contribution in [0.5, 0.6) is 0 Å². The summed E-state index contributed by atoms with van der Waals surface area (Å²) in [6, 6.07) is 1.68. The van der Waals surface area contributed by atoms with E-state index in [1.807, 2.05) is 6.92 Å². The van der Waals surface area contributed by atoms with Gasteiger partial charge < -0.3 is 5.32 Å². The predicted molar refractivity (Wildman–Crippen MR) is 70.9 cm³/mol. The molecule has 0 amide bonds. The number of hydrogen-bond donors (Lipinski definition) is 2. The van der Waals surface area contributed by atoms with Crippen LogP contribution in [0.4, 0.5) is 5.69 Å². The highest BCUT2D eigenvalue weighted by atomic mass is 32.2. The second-order valence-electron chi connectivity index (χ2n) is 4.53. The lowest BCUT2D eigenvalue weighted by Gasteiger charge is -2.11. The van der Waals surface area contributed by atoms with E-state index in [9.17, 15) is 8.42 Å². The van der Waals surface area contributed by atoms with Crippen molar-refractivity contribution >= 4 is 15.7 Å². The summed E-state index contributed by atoms with van der Waals surface area (Å²) in [6.07, 6.45) is 6.36. The molecule has 0 unspecified atom stereocenters. The Hall–Kier alpha value is -1.14. The van der Waals surface area contributed by atoms with Crippen molar-refractivity contribution in [3.8, 4) is 0 Å². The fourth-order valence-corrected chi connectivity index (χ4v) is 2.98. The second-order valence-corrected chi connectivity index (χ2v) is 6.27. The van der Waals surface area contributed by atoms with E-state index in [2.05, 4.69) is 15.0 Å². The van der Waals surface area contributed by atoms with Gasteiger partial charge in [0.05, 0.1) is 5.69 Å².